The van der Waals surface area contributed by atoms with Crippen LogP contribution < -0.4 is 19.9 Å². The molecule has 2 N–H and O–H groups in total. The van der Waals surface area contributed by atoms with E-state index in [1.807, 2.05) is 29.2 Å². The van der Waals surface area contributed by atoms with E-state index in [1.165, 1.54) is 16.7 Å². The van der Waals surface area contributed by atoms with Gasteiger partial charge in [0.15, 0.2) is 0 Å². The molecule has 0 bridgehead atoms. The molecule has 6 rings (SSSR count). The fourth-order valence-corrected chi connectivity index (χ4v) is 6.78. The second kappa shape index (κ2) is 14.4. The van der Waals surface area contributed by atoms with E-state index in [2.05, 4.69) is 58.2 Å². The molecule has 1 amide bonds. The smallest absolute Gasteiger partial charge is 0.413 e. The number of anilines is 4. The molecule has 3 aliphatic rings. The Hall–Kier alpha value is -4.54. The number of fused-ring (bicyclic) bond motifs is 1. The molecule has 2 aliphatic heterocycles. The van der Waals surface area contributed by atoms with E-state index in [1.54, 1.807) is 39.0 Å². The summed E-state index contributed by atoms with van der Waals surface area (Å²) < 4.78 is 11.3. The Kier molecular flexibility index (Phi) is 10.1. The van der Waals surface area contributed by atoms with E-state index in [0.717, 1.165) is 49.9 Å². The maximum absolute atomic E-state index is 12.5. The summed E-state index contributed by atoms with van der Waals surface area (Å²) in [6, 6.07) is 17.2. The number of carbonyl (C=O) groups excluding carboxylic acids is 1. The molecule has 264 valence electrons. The lowest BCUT2D eigenvalue weighted by Crippen LogP contribution is -2.47. The van der Waals surface area contributed by atoms with Crippen LogP contribution in [0.4, 0.5) is 27.7 Å². The van der Waals surface area contributed by atoms with Gasteiger partial charge >= 0.3 is 12.1 Å². The highest BCUT2D eigenvalue weighted by Crippen LogP contribution is 2.41. The van der Waals surface area contributed by atoms with Crippen molar-refractivity contribution in [2.24, 2.45) is 5.41 Å². The normalized spacial score (nSPS) is 17.9. The number of aromatic carboxylic acids is 1. The number of carboxylic acid groups (broad SMARTS) is 1. The van der Waals surface area contributed by atoms with Gasteiger partial charge in [-0.25, -0.2) is 9.59 Å². The first kappa shape index (κ1) is 35.3. The van der Waals surface area contributed by atoms with Gasteiger partial charge in [-0.2, -0.15) is 4.98 Å². The van der Waals surface area contributed by atoms with Crippen LogP contribution in [-0.4, -0.2) is 78.5 Å². The predicted octanol–water partition coefficient (Wildman–Crippen LogP) is 8.26. The number of hydrogen-bond acceptors (Lipinski definition) is 8. The second-order valence-electron chi connectivity index (χ2n) is 14.8. The molecule has 0 unspecified atom stereocenters. The molecule has 10 nitrogen and oxygen atoms in total. The average molecular weight is 700 g/mol. The Labute approximate surface area is 299 Å². The molecule has 0 saturated carbocycles. The van der Waals surface area contributed by atoms with Crippen LogP contribution in [0.2, 0.25) is 5.02 Å². The van der Waals surface area contributed by atoms with Gasteiger partial charge in [-0.15, -0.1) is 0 Å². The summed E-state index contributed by atoms with van der Waals surface area (Å²) in [4.78, 5) is 36.2. The number of hydrogen-bond donors (Lipinski definition) is 2. The number of allylic oxidation sites excluding steroid dienone is 2. The highest BCUT2D eigenvalue weighted by atomic mass is 35.5. The van der Waals surface area contributed by atoms with Gasteiger partial charge in [0.2, 0.25) is 5.88 Å². The first-order valence-electron chi connectivity index (χ1n) is 17.2. The minimum absolute atomic E-state index is 0.0896. The van der Waals surface area contributed by atoms with E-state index < -0.39 is 17.7 Å². The first-order valence-corrected chi connectivity index (χ1v) is 17.6. The van der Waals surface area contributed by atoms with Crippen LogP contribution in [0.15, 0.2) is 72.3 Å². The van der Waals surface area contributed by atoms with Gasteiger partial charge < -0.3 is 24.4 Å². The van der Waals surface area contributed by atoms with E-state index in [-0.39, 0.29) is 16.8 Å². The Bertz CT molecular complexity index is 1810. The van der Waals surface area contributed by atoms with Gasteiger partial charge in [0.05, 0.1) is 17.9 Å². The SMILES string of the molecule is CC1(C)C=CC(CN2CCN(c3ccc(C(=O)O)c(N4CCCOc5nc(NC(=O)OC(C)(C)C)ccc54)c3)CC2)=C(c2ccc(Cl)cc2)C1. The Balaban J connectivity index is 1.20. The van der Waals surface area contributed by atoms with Gasteiger partial charge in [-0.1, -0.05) is 49.7 Å². The summed E-state index contributed by atoms with van der Waals surface area (Å²) in [5.41, 5.74) is 5.74. The highest BCUT2D eigenvalue weighted by molar-refractivity contribution is 6.30. The summed E-state index contributed by atoms with van der Waals surface area (Å²) in [6.45, 7) is 15.1. The Morgan fingerprint density at radius 1 is 1.00 bits per heavy atom. The van der Waals surface area contributed by atoms with Gasteiger partial charge in [0.1, 0.15) is 17.1 Å². The summed E-state index contributed by atoms with van der Waals surface area (Å²) >= 11 is 6.21. The maximum atomic E-state index is 12.5. The maximum Gasteiger partial charge on any atom is 0.413 e. The predicted molar refractivity (Wildman–Crippen MR) is 199 cm³/mol. The van der Waals surface area contributed by atoms with Gasteiger partial charge in [0.25, 0.3) is 0 Å². The van der Waals surface area contributed by atoms with Crippen molar-refractivity contribution >= 4 is 52.1 Å². The number of amides is 1. The number of ether oxygens (including phenoxy) is 2. The second-order valence-corrected chi connectivity index (χ2v) is 15.2. The van der Waals surface area contributed by atoms with E-state index in [9.17, 15) is 14.7 Å². The van der Waals surface area contributed by atoms with E-state index in [4.69, 9.17) is 21.1 Å². The van der Waals surface area contributed by atoms with Crippen molar-refractivity contribution in [3.63, 3.8) is 0 Å². The highest BCUT2D eigenvalue weighted by Gasteiger charge is 2.28. The van der Waals surface area contributed by atoms with Crippen molar-refractivity contribution in [1.29, 1.82) is 0 Å². The molecule has 1 fully saturated rings. The van der Waals surface area contributed by atoms with Crippen LogP contribution in [0.5, 0.6) is 5.88 Å². The zero-order chi connectivity index (χ0) is 35.6. The van der Waals surface area contributed by atoms with Crippen molar-refractivity contribution in [3.8, 4) is 5.88 Å². The molecule has 0 atom stereocenters. The van der Waals surface area contributed by atoms with Crippen LogP contribution in [0.25, 0.3) is 5.57 Å². The molecular formula is C39H46ClN5O5. The zero-order valence-corrected chi connectivity index (χ0v) is 30.2. The summed E-state index contributed by atoms with van der Waals surface area (Å²) in [7, 11) is 0. The third kappa shape index (κ3) is 8.42. The molecule has 1 aromatic heterocycles. The number of nitrogens with one attached hydrogen (secondary N) is 1. The van der Waals surface area contributed by atoms with Crippen LogP contribution in [0, 0.1) is 5.41 Å². The number of rotatable bonds is 7. The fourth-order valence-electron chi connectivity index (χ4n) is 6.65. The number of piperazine rings is 1. The number of carbonyl (C=O) groups is 2. The first-order chi connectivity index (χ1) is 23.7. The lowest BCUT2D eigenvalue weighted by Gasteiger charge is -2.38. The third-order valence-electron chi connectivity index (χ3n) is 9.11. The number of aromatic nitrogens is 1. The average Bonchev–Trinajstić information content (AvgIpc) is 3.27. The molecule has 2 aromatic carbocycles. The largest absolute Gasteiger partial charge is 0.478 e. The van der Waals surface area contributed by atoms with Gasteiger partial charge in [-0.05, 0) is 98.2 Å². The summed E-state index contributed by atoms with van der Waals surface area (Å²) in [6.07, 6.45) is 5.64. The molecule has 3 aromatic rings. The van der Waals surface area contributed by atoms with Gasteiger partial charge in [0, 0.05) is 50.0 Å². The number of nitrogens with zero attached hydrogens (tertiary/aromatic N) is 4. The summed E-state index contributed by atoms with van der Waals surface area (Å²) in [5.74, 6) is -0.403. The lowest BCUT2D eigenvalue weighted by atomic mass is 9.77. The molecule has 1 saturated heterocycles. The van der Waals surface area contributed by atoms with Crippen molar-refractivity contribution in [2.75, 3.05) is 61.0 Å². The number of halogens is 1. The number of pyridine rings is 1. The van der Waals surface area contributed by atoms with Crippen LogP contribution in [0.3, 0.4) is 0 Å². The molecule has 3 heterocycles. The zero-order valence-electron chi connectivity index (χ0n) is 29.5. The van der Waals surface area contributed by atoms with Gasteiger partial charge in [-0.3, -0.25) is 10.2 Å². The van der Waals surface area contributed by atoms with Crippen LogP contribution in [-0.2, 0) is 4.74 Å². The minimum atomic E-state index is -1.01. The van der Waals surface area contributed by atoms with Crippen molar-refractivity contribution in [1.82, 2.24) is 9.88 Å². The van der Waals surface area contributed by atoms with E-state index in [0.29, 0.717) is 36.8 Å². The molecular weight excluding hydrogens is 654 g/mol. The quantitative estimate of drug-likeness (QED) is 0.252. The minimum Gasteiger partial charge on any atom is -0.478 e. The number of benzene rings is 2. The van der Waals surface area contributed by atoms with E-state index >= 15 is 0 Å². The van der Waals surface area contributed by atoms with Crippen molar-refractivity contribution in [2.45, 2.75) is 53.1 Å². The molecule has 0 spiro atoms. The Morgan fingerprint density at radius 3 is 2.44 bits per heavy atom. The molecule has 1 aliphatic carbocycles. The van der Waals surface area contributed by atoms with Crippen molar-refractivity contribution in [3.05, 3.63) is 88.5 Å². The third-order valence-corrected chi connectivity index (χ3v) is 9.36. The number of carboxylic acids is 1. The topological polar surface area (TPSA) is 107 Å². The Morgan fingerprint density at radius 2 is 1.74 bits per heavy atom. The van der Waals surface area contributed by atoms with Crippen LogP contribution in [0.1, 0.15) is 63.4 Å². The lowest BCUT2D eigenvalue weighted by molar-refractivity contribution is 0.0633. The fraction of sp³-hybridized carbons (Fsp3) is 0.410. The standard InChI is InChI=1S/C39H46ClN5O5/c1-38(2,3)50-37(48)42-34-14-13-32-35(41-34)49-22-6-17-45(32)33-23-29(11-12-30(33)36(46)47)44-20-18-43(19-21-44)25-27-15-16-39(4,5)24-31(27)26-7-9-28(40)10-8-26/h7-16,23H,6,17-22,24-25H2,1-5H3,(H,46,47)(H,41,42,48). The molecule has 50 heavy (non-hydrogen) atoms. The van der Waals surface area contributed by atoms with Crippen LogP contribution >= 0.6 is 11.6 Å². The summed E-state index contributed by atoms with van der Waals surface area (Å²) in [5, 5.41) is 13.6. The molecule has 11 heteroatoms. The molecule has 0 radical (unpaired) electrons. The van der Waals surface area contributed by atoms with Crippen molar-refractivity contribution < 1.29 is 24.2 Å². The monoisotopic (exact) mass is 699 g/mol.